The monoisotopic (exact) mass is 289 g/mol. The van der Waals surface area contributed by atoms with Gasteiger partial charge in [0.1, 0.15) is 0 Å². The van der Waals surface area contributed by atoms with Gasteiger partial charge in [0.2, 0.25) is 5.91 Å². The van der Waals surface area contributed by atoms with E-state index in [-0.39, 0.29) is 24.5 Å². The minimum absolute atomic E-state index is 0.0303. The van der Waals surface area contributed by atoms with Crippen LogP contribution >= 0.6 is 0 Å². The molecule has 0 aliphatic rings. The minimum atomic E-state index is -0.0303. The number of benzene rings is 1. The molecule has 1 rings (SSSR count). The first-order valence-corrected chi connectivity index (χ1v) is 7.91. The van der Waals surface area contributed by atoms with Crippen molar-refractivity contribution >= 4 is 11.7 Å². The Kier molecular flexibility index (Phi) is 7.73. The first kappa shape index (κ1) is 17.4. The van der Waals surface area contributed by atoms with Crippen LogP contribution in [0.5, 0.6) is 0 Å². The molecule has 0 fully saturated rings. The predicted molar refractivity (Wildman–Crippen MR) is 86.5 cm³/mol. The lowest BCUT2D eigenvalue weighted by Crippen LogP contribution is -2.25. The molecule has 0 radical (unpaired) electrons. The molecule has 0 spiro atoms. The molecule has 3 heteroatoms. The van der Waals surface area contributed by atoms with E-state index in [9.17, 15) is 9.59 Å². The third-order valence-electron chi connectivity index (χ3n) is 3.54. The second kappa shape index (κ2) is 9.32. The van der Waals surface area contributed by atoms with E-state index in [1.165, 1.54) is 5.56 Å². The zero-order chi connectivity index (χ0) is 15.7. The topological polar surface area (TPSA) is 46.2 Å². The number of Topliss-reactive ketones (excluding diaryl/α,β-unsaturated/α-hetero) is 1. The third-order valence-corrected chi connectivity index (χ3v) is 3.54. The number of amides is 1. The van der Waals surface area contributed by atoms with E-state index in [0.717, 1.165) is 19.3 Å². The Morgan fingerprint density at radius 1 is 1.10 bits per heavy atom. The van der Waals surface area contributed by atoms with Crippen molar-refractivity contribution in [2.45, 2.75) is 52.9 Å². The molecule has 0 saturated heterocycles. The van der Waals surface area contributed by atoms with Crippen molar-refractivity contribution in [3.8, 4) is 0 Å². The molecule has 0 heterocycles. The van der Waals surface area contributed by atoms with Gasteiger partial charge in [0.05, 0.1) is 0 Å². The lowest BCUT2D eigenvalue weighted by Gasteiger charge is -2.07. The van der Waals surface area contributed by atoms with E-state index in [2.05, 4.69) is 26.1 Å². The highest BCUT2D eigenvalue weighted by atomic mass is 16.2. The summed E-state index contributed by atoms with van der Waals surface area (Å²) in [7, 11) is 0. The van der Waals surface area contributed by atoms with Gasteiger partial charge in [-0.1, -0.05) is 45.0 Å². The molecule has 0 aliphatic carbocycles. The Morgan fingerprint density at radius 2 is 1.76 bits per heavy atom. The molecule has 116 valence electrons. The van der Waals surface area contributed by atoms with Gasteiger partial charge in [0.15, 0.2) is 5.78 Å². The van der Waals surface area contributed by atoms with Crippen LogP contribution in [0.4, 0.5) is 0 Å². The van der Waals surface area contributed by atoms with Gasteiger partial charge in [-0.25, -0.2) is 0 Å². The van der Waals surface area contributed by atoms with Crippen LogP contribution in [0.1, 0.15) is 62.4 Å². The van der Waals surface area contributed by atoms with Gasteiger partial charge >= 0.3 is 0 Å². The van der Waals surface area contributed by atoms with Crippen LogP contribution in [0.15, 0.2) is 24.3 Å². The number of hydrogen-bond donors (Lipinski definition) is 1. The summed E-state index contributed by atoms with van der Waals surface area (Å²) in [6.45, 7) is 7.13. The number of aryl methyl sites for hydroxylation is 1. The molecule has 1 N–H and O–H groups in total. The summed E-state index contributed by atoms with van der Waals surface area (Å²) in [5.74, 6) is 0.668. The Bertz CT molecular complexity index is 449. The maximum absolute atomic E-state index is 12.0. The molecule has 1 amide bonds. The van der Waals surface area contributed by atoms with Crippen LogP contribution in [-0.2, 0) is 11.2 Å². The number of carbonyl (C=O) groups is 2. The van der Waals surface area contributed by atoms with Crippen LogP contribution < -0.4 is 5.32 Å². The van der Waals surface area contributed by atoms with Gasteiger partial charge in [0, 0.05) is 24.9 Å². The molecule has 0 saturated carbocycles. The highest BCUT2D eigenvalue weighted by molar-refractivity contribution is 5.97. The van der Waals surface area contributed by atoms with Crippen LogP contribution in [0.3, 0.4) is 0 Å². The van der Waals surface area contributed by atoms with Crippen LogP contribution in [0, 0.1) is 5.92 Å². The second-order valence-corrected chi connectivity index (χ2v) is 5.86. The molecule has 1 aromatic carbocycles. The Morgan fingerprint density at radius 3 is 2.33 bits per heavy atom. The fourth-order valence-corrected chi connectivity index (χ4v) is 2.12. The molecule has 0 bridgehead atoms. The largest absolute Gasteiger partial charge is 0.356 e. The Hall–Kier alpha value is -1.64. The summed E-state index contributed by atoms with van der Waals surface area (Å²) in [6, 6.07) is 7.64. The van der Waals surface area contributed by atoms with E-state index < -0.39 is 0 Å². The van der Waals surface area contributed by atoms with Crippen molar-refractivity contribution in [1.29, 1.82) is 0 Å². The SMILES string of the molecule is CCc1ccc(C(=O)CCC(=O)NCCCC(C)C)cc1. The van der Waals surface area contributed by atoms with Crippen molar-refractivity contribution in [3.05, 3.63) is 35.4 Å². The Balaban J connectivity index is 2.26. The molecular formula is C18H27NO2. The molecule has 0 aromatic heterocycles. The van der Waals surface area contributed by atoms with Crippen molar-refractivity contribution in [2.24, 2.45) is 5.92 Å². The van der Waals surface area contributed by atoms with Crippen LogP contribution in [0.2, 0.25) is 0 Å². The van der Waals surface area contributed by atoms with E-state index in [4.69, 9.17) is 0 Å². The maximum Gasteiger partial charge on any atom is 0.220 e. The molecular weight excluding hydrogens is 262 g/mol. The molecule has 3 nitrogen and oxygen atoms in total. The van der Waals surface area contributed by atoms with Crippen molar-refractivity contribution in [2.75, 3.05) is 6.54 Å². The lowest BCUT2D eigenvalue weighted by atomic mass is 10.0. The quantitative estimate of drug-likeness (QED) is 0.555. The van der Waals surface area contributed by atoms with Gasteiger partial charge < -0.3 is 5.32 Å². The number of hydrogen-bond acceptors (Lipinski definition) is 2. The number of nitrogens with one attached hydrogen (secondary N) is 1. The van der Waals surface area contributed by atoms with Crippen LogP contribution in [-0.4, -0.2) is 18.2 Å². The van der Waals surface area contributed by atoms with Gasteiger partial charge in [-0.15, -0.1) is 0 Å². The fraction of sp³-hybridized carbons (Fsp3) is 0.556. The van der Waals surface area contributed by atoms with Crippen molar-refractivity contribution in [1.82, 2.24) is 5.32 Å². The summed E-state index contributed by atoms with van der Waals surface area (Å²) in [6.07, 6.45) is 3.63. The summed E-state index contributed by atoms with van der Waals surface area (Å²) >= 11 is 0. The van der Waals surface area contributed by atoms with E-state index in [1.54, 1.807) is 0 Å². The summed E-state index contributed by atoms with van der Waals surface area (Å²) in [4.78, 5) is 23.6. The standard InChI is InChI=1S/C18H27NO2/c1-4-15-7-9-16(10-8-15)17(20)11-12-18(21)19-13-5-6-14(2)3/h7-10,14H,4-6,11-13H2,1-3H3,(H,19,21). The molecule has 21 heavy (non-hydrogen) atoms. The normalized spacial score (nSPS) is 10.7. The molecule has 0 atom stereocenters. The van der Waals surface area contributed by atoms with Gasteiger partial charge in [-0.3, -0.25) is 9.59 Å². The minimum Gasteiger partial charge on any atom is -0.356 e. The highest BCUT2D eigenvalue weighted by Crippen LogP contribution is 2.09. The zero-order valence-electron chi connectivity index (χ0n) is 13.4. The van der Waals surface area contributed by atoms with Gasteiger partial charge in [0.25, 0.3) is 0 Å². The Labute approximate surface area is 128 Å². The van der Waals surface area contributed by atoms with Crippen LogP contribution in [0.25, 0.3) is 0 Å². The number of carbonyl (C=O) groups excluding carboxylic acids is 2. The van der Waals surface area contributed by atoms with Crippen molar-refractivity contribution in [3.63, 3.8) is 0 Å². The lowest BCUT2D eigenvalue weighted by molar-refractivity contribution is -0.121. The highest BCUT2D eigenvalue weighted by Gasteiger charge is 2.09. The van der Waals surface area contributed by atoms with E-state index >= 15 is 0 Å². The molecule has 0 unspecified atom stereocenters. The number of rotatable bonds is 9. The number of ketones is 1. The average Bonchev–Trinajstić information content (AvgIpc) is 2.49. The summed E-state index contributed by atoms with van der Waals surface area (Å²) in [5, 5.41) is 2.87. The summed E-state index contributed by atoms with van der Waals surface area (Å²) < 4.78 is 0. The van der Waals surface area contributed by atoms with Gasteiger partial charge in [-0.05, 0) is 30.7 Å². The summed E-state index contributed by atoms with van der Waals surface area (Å²) in [5.41, 5.74) is 1.91. The van der Waals surface area contributed by atoms with E-state index in [1.807, 2.05) is 24.3 Å². The fourth-order valence-electron chi connectivity index (χ4n) is 2.12. The maximum atomic E-state index is 12.0. The molecule has 1 aromatic rings. The van der Waals surface area contributed by atoms with Gasteiger partial charge in [-0.2, -0.15) is 0 Å². The molecule has 0 aliphatic heterocycles. The smallest absolute Gasteiger partial charge is 0.220 e. The predicted octanol–water partition coefficient (Wildman–Crippen LogP) is 3.76. The first-order chi connectivity index (χ1) is 10.0. The van der Waals surface area contributed by atoms with E-state index in [0.29, 0.717) is 18.0 Å². The average molecular weight is 289 g/mol. The first-order valence-electron chi connectivity index (χ1n) is 7.91. The van der Waals surface area contributed by atoms with Crippen molar-refractivity contribution < 1.29 is 9.59 Å². The third kappa shape index (κ3) is 7.07. The zero-order valence-corrected chi connectivity index (χ0v) is 13.4. The second-order valence-electron chi connectivity index (χ2n) is 5.86.